The van der Waals surface area contributed by atoms with Gasteiger partial charge < -0.3 is 14.2 Å². The summed E-state index contributed by atoms with van der Waals surface area (Å²) >= 11 is 0. The van der Waals surface area contributed by atoms with Crippen LogP contribution in [0.15, 0.2) is 34.9 Å². The third kappa shape index (κ3) is 3.07. The summed E-state index contributed by atoms with van der Waals surface area (Å²) in [7, 11) is 1.63. The number of piperidine rings is 1. The molecule has 1 aliphatic heterocycles. The predicted molar refractivity (Wildman–Crippen MR) is 90.3 cm³/mol. The maximum atomic E-state index is 5.37. The van der Waals surface area contributed by atoms with Gasteiger partial charge in [-0.25, -0.2) is 0 Å². The van der Waals surface area contributed by atoms with E-state index in [0.29, 0.717) is 30.9 Å². The van der Waals surface area contributed by atoms with Crippen molar-refractivity contribution in [3.05, 3.63) is 47.7 Å². The third-order valence-corrected chi connectivity index (χ3v) is 4.65. The summed E-state index contributed by atoms with van der Waals surface area (Å²) in [4.78, 5) is 10.4. The van der Waals surface area contributed by atoms with Crippen LogP contribution in [0.2, 0.25) is 0 Å². The quantitative estimate of drug-likeness (QED) is 0.778. The molecular weight excluding hydrogens is 304 g/mol. The van der Waals surface area contributed by atoms with E-state index in [4.69, 9.17) is 9.26 Å². The van der Waals surface area contributed by atoms with Crippen LogP contribution in [-0.4, -0.2) is 33.7 Å². The molecule has 0 unspecified atom stereocenters. The van der Waals surface area contributed by atoms with E-state index in [1.54, 1.807) is 7.11 Å². The van der Waals surface area contributed by atoms with Crippen LogP contribution < -0.4 is 0 Å². The van der Waals surface area contributed by atoms with Crippen molar-refractivity contribution >= 4 is 10.9 Å². The zero-order chi connectivity index (χ0) is 16.4. The summed E-state index contributed by atoms with van der Waals surface area (Å²) < 4.78 is 10.4. The highest BCUT2D eigenvalue weighted by molar-refractivity contribution is 5.80. The lowest BCUT2D eigenvalue weighted by molar-refractivity contribution is 0.121. The van der Waals surface area contributed by atoms with Crippen molar-refractivity contribution in [1.29, 1.82) is 0 Å². The Morgan fingerprint density at radius 2 is 2.25 bits per heavy atom. The number of rotatable bonds is 5. The monoisotopic (exact) mass is 326 g/mol. The summed E-state index contributed by atoms with van der Waals surface area (Å²) in [6, 6.07) is 11.1. The third-order valence-electron chi connectivity index (χ3n) is 4.65. The summed E-state index contributed by atoms with van der Waals surface area (Å²) in [5.41, 5.74) is 2.46. The van der Waals surface area contributed by atoms with Crippen molar-refractivity contribution in [3.63, 3.8) is 0 Å². The first-order valence-corrected chi connectivity index (χ1v) is 8.45. The van der Waals surface area contributed by atoms with Gasteiger partial charge in [0.2, 0.25) is 5.89 Å². The van der Waals surface area contributed by atoms with Gasteiger partial charge in [-0.05, 0) is 36.9 Å². The number of hydrogen-bond donors (Lipinski definition) is 1. The van der Waals surface area contributed by atoms with Gasteiger partial charge in [-0.2, -0.15) is 4.98 Å². The smallest absolute Gasteiger partial charge is 0.240 e. The number of H-pyrrole nitrogens is 1. The van der Waals surface area contributed by atoms with Crippen LogP contribution in [0.1, 0.15) is 42.7 Å². The zero-order valence-corrected chi connectivity index (χ0v) is 13.9. The Bertz CT molecular complexity index is 777. The average Bonchev–Trinajstić information content (AvgIpc) is 3.22. The Labute approximate surface area is 140 Å². The average molecular weight is 326 g/mol. The van der Waals surface area contributed by atoms with Crippen molar-refractivity contribution in [3.8, 4) is 0 Å². The van der Waals surface area contributed by atoms with Gasteiger partial charge in [-0.3, -0.25) is 4.90 Å². The van der Waals surface area contributed by atoms with Gasteiger partial charge in [-0.1, -0.05) is 29.8 Å². The summed E-state index contributed by atoms with van der Waals surface area (Å²) in [6.45, 7) is 2.10. The van der Waals surface area contributed by atoms with Gasteiger partial charge in [0.05, 0.1) is 12.6 Å². The van der Waals surface area contributed by atoms with Crippen molar-refractivity contribution < 1.29 is 9.26 Å². The lowest BCUT2D eigenvalue weighted by Gasteiger charge is -2.34. The Kier molecular flexibility index (Phi) is 4.32. The molecule has 0 radical (unpaired) electrons. The van der Waals surface area contributed by atoms with Crippen LogP contribution in [0.4, 0.5) is 0 Å². The second kappa shape index (κ2) is 6.75. The second-order valence-corrected chi connectivity index (χ2v) is 6.33. The van der Waals surface area contributed by atoms with Gasteiger partial charge in [0.25, 0.3) is 0 Å². The largest absolute Gasteiger partial charge is 0.377 e. The van der Waals surface area contributed by atoms with E-state index < -0.39 is 0 Å². The number of para-hydroxylation sites is 1. The normalized spacial score (nSPS) is 19.1. The molecule has 2 aromatic heterocycles. The highest BCUT2D eigenvalue weighted by Gasteiger charge is 2.27. The van der Waals surface area contributed by atoms with E-state index in [0.717, 1.165) is 13.0 Å². The van der Waals surface area contributed by atoms with Crippen LogP contribution in [0.5, 0.6) is 0 Å². The minimum atomic E-state index is 0.365. The maximum Gasteiger partial charge on any atom is 0.240 e. The van der Waals surface area contributed by atoms with E-state index in [1.165, 1.54) is 29.4 Å². The van der Waals surface area contributed by atoms with Crippen LogP contribution in [0.3, 0.4) is 0 Å². The number of benzene rings is 1. The van der Waals surface area contributed by atoms with Crippen molar-refractivity contribution in [1.82, 2.24) is 20.0 Å². The lowest BCUT2D eigenvalue weighted by Crippen LogP contribution is -2.33. The molecule has 6 nitrogen and oxygen atoms in total. The number of nitrogens with zero attached hydrogens (tertiary/aromatic N) is 3. The molecule has 0 aliphatic carbocycles. The number of aromatic amines is 1. The van der Waals surface area contributed by atoms with Crippen molar-refractivity contribution in [2.24, 2.45) is 0 Å². The molecule has 1 aromatic carbocycles. The molecule has 0 saturated carbocycles. The molecule has 4 rings (SSSR count). The summed E-state index contributed by atoms with van der Waals surface area (Å²) in [6.07, 6.45) is 3.59. The zero-order valence-electron chi connectivity index (χ0n) is 13.9. The highest BCUT2D eigenvalue weighted by atomic mass is 16.5. The van der Waals surface area contributed by atoms with Crippen LogP contribution in [0.25, 0.3) is 10.9 Å². The molecular formula is C18H22N4O2. The van der Waals surface area contributed by atoms with E-state index in [-0.39, 0.29) is 0 Å². The molecule has 1 saturated heterocycles. The van der Waals surface area contributed by atoms with Gasteiger partial charge in [0.1, 0.15) is 6.61 Å². The fourth-order valence-electron chi connectivity index (χ4n) is 3.52. The minimum absolute atomic E-state index is 0.365. The molecule has 1 atom stereocenters. The molecule has 6 heteroatoms. The molecule has 1 fully saturated rings. The van der Waals surface area contributed by atoms with Crippen LogP contribution >= 0.6 is 0 Å². The van der Waals surface area contributed by atoms with Gasteiger partial charge in [-0.15, -0.1) is 0 Å². The first kappa shape index (κ1) is 15.4. The van der Waals surface area contributed by atoms with E-state index in [1.807, 2.05) is 0 Å². The molecule has 3 aromatic rings. The van der Waals surface area contributed by atoms with Crippen molar-refractivity contribution in [2.45, 2.75) is 38.5 Å². The molecule has 0 bridgehead atoms. The SMILES string of the molecule is COCc1noc(CN2CCCC[C@H]2c2cc3ccccc3[nH]2)n1. The molecule has 126 valence electrons. The van der Waals surface area contributed by atoms with Gasteiger partial charge in [0, 0.05) is 18.3 Å². The van der Waals surface area contributed by atoms with Crippen LogP contribution in [0, 0.1) is 0 Å². The molecule has 24 heavy (non-hydrogen) atoms. The number of fused-ring (bicyclic) bond motifs is 1. The summed E-state index contributed by atoms with van der Waals surface area (Å²) in [5.74, 6) is 1.26. The molecule has 1 N–H and O–H groups in total. The first-order chi connectivity index (χ1) is 11.8. The van der Waals surface area contributed by atoms with Crippen molar-refractivity contribution in [2.75, 3.05) is 13.7 Å². The number of ether oxygens (including phenoxy) is 1. The van der Waals surface area contributed by atoms with E-state index >= 15 is 0 Å². The Balaban J connectivity index is 1.55. The number of aromatic nitrogens is 3. The number of methoxy groups -OCH3 is 1. The summed E-state index contributed by atoms with van der Waals surface area (Å²) in [5, 5.41) is 5.22. The predicted octanol–water partition coefficient (Wildman–Crippen LogP) is 3.42. The Morgan fingerprint density at radius 1 is 1.33 bits per heavy atom. The Morgan fingerprint density at radius 3 is 3.12 bits per heavy atom. The first-order valence-electron chi connectivity index (χ1n) is 8.45. The van der Waals surface area contributed by atoms with Gasteiger partial charge >= 0.3 is 0 Å². The number of hydrogen-bond acceptors (Lipinski definition) is 5. The molecule has 3 heterocycles. The maximum absolute atomic E-state index is 5.37. The Hall–Kier alpha value is -2.18. The standard InChI is InChI=1S/C18H22N4O2/c1-23-12-17-20-18(24-21-17)11-22-9-5-4-8-16(22)15-10-13-6-2-3-7-14(13)19-15/h2-3,6-7,10,16,19H,4-5,8-9,11-12H2,1H3/t16-/m0/s1. The van der Waals surface area contributed by atoms with E-state index in [9.17, 15) is 0 Å². The highest BCUT2D eigenvalue weighted by Crippen LogP contribution is 2.33. The molecule has 0 spiro atoms. The van der Waals surface area contributed by atoms with Gasteiger partial charge in [0.15, 0.2) is 5.82 Å². The number of nitrogens with one attached hydrogen (secondary N) is 1. The van der Waals surface area contributed by atoms with E-state index in [2.05, 4.69) is 50.4 Å². The fourth-order valence-corrected chi connectivity index (χ4v) is 3.52. The minimum Gasteiger partial charge on any atom is -0.377 e. The number of likely N-dealkylation sites (tertiary alicyclic amines) is 1. The fraction of sp³-hybridized carbons (Fsp3) is 0.444. The molecule has 0 amide bonds. The second-order valence-electron chi connectivity index (χ2n) is 6.33. The van der Waals surface area contributed by atoms with Crippen LogP contribution in [-0.2, 0) is 17.9 Å². The lowest BCUT2D eigenvalue weighted by atomic mass is 9.99. The molecule has 1 aliphatic rings. The topological polar surface area (TPSA) is 67.2 Å².